The Morgan fingerprint density at radius 1 is 0.444 bits per heavy atom. The zero-order chi connectivity index (χ0) is 13.7. The molecule has 0 unspecified atom stereocenters. The van der Waals surface area contributed by atoms with Crippen LogP contribution in [0.15, 0.2) is 0 Å². The Labute approximate surface area is 161 Å². The third-order valence-corrected chi connectivity index (χ3v) is 13.6. The lowest BCUT2D eigenvalue weighted by molar-refractivity contribution is 0.549. The molecule has 1 rings (SSSR count). The number of alkyl halides is 6. The highest BCUT2D eigenvalue weighted by Gasteiger charge is 2.35. The number of halogens is 6. The highest BCUT2D eigenvalue weighted by molar-refractivity contribution is 9.15. The van der Waals surface area contributed by atoms with Crippen LogP contribution in [0.5, 0.6) is 0 Å². The summed E-state index contributed by atoms with van der Waals surface area (Å²) in [6.07, 6.45) is 7.80. The molecule has 1 aliphatic rings. The second kappa shape index (κ2) is 9.81. The lowest BCUT2D eigenvalue weighted by Gasteiger charge is -2.31. The Kier molecular flexibility index (Phi) is 10.3. The van der Waals surface area contributed by atoms with Crippen molar-refractivity contribution in [2.75, 3.05) is 0 Å². The van der Waals surface area contributed by atoms with Crippen LogP contribution < -0.4 is 0 Å². The van der Waals surface area contributed by atoms with Crippen LogP contribution in [-0.4, -0.2) is 29.0 Å². The molecule has 0 N–H and O–H groups in total. The average Bonchev–Trinajstić information content (AvgIpc) is 2.37. The van der Waals surface area contributed by atoms with E-state index in [-0.39, 0.29) is 0 Å². The van der Waals surface area contributed by atoms with E-state index in [1.54, 1.807) is 0 Å². The van der Waals surface area contributed by atoms with Gasteiger partial charge >= 0.3 is 0 Å². The summed E-state index contributed by atoms with van der Waals surface area (Å²) in [4.78, 5) is 2.70. The molecule has 0 aromatic carbocycles. The smallest absolute Gasteiger partial charge is 0.0418 e. The third kappa shape index (κ3) is 5.94. The lowest BCUT2D eigenvalue weighted by atomic mass is 10.0. The maximum atomic E-state index is 3.84. The van der Waals surface area contributed by atoms with Crippen LogP contribution in [0.3, 0.4) is 0 Å². The first-order valence-electron chi connectivity index (χ1n) is 6.29. The minimum atomic E-state index is 0.394. The molecule has 0 heterocycles. The van der Waals surface area contributed by atoms with Crippen molar-refractivity contribution in [1.29, 1.82) is 0 Å². The van der Waals surface area contributed by atoms with Gasteiger partial charge < -0.3 is 0 Å². The van der Waals surface area contributed by atoms with Crippen molar-refractivity contribution in [3.05, 3.63) is 0 Å². The predicted octanol–water partition coefficient (Wildman–Crippen LogP) is 6.92. The number of hydrogen-bond acceptors (Lipinski definition) is 0. The Morgan fingerprint density at radius 3 is 1.11 bits per heavy atom. The van der Waals surface area contributed by atoms with E-state index in [0.29, 0.717) is 29.0 Å². The van der Waals surface area contributed by atoms with Gasteiger partial charge in [0, 0.05) is 29.0 Å². The molecule has 0 spiro atoms. The molecule has 0 bridgehead atoms. The number of rotatable bonds is 0. The van der Waals surface area contributed by atoms with Gasteiger partial charge in [0.05, 0.1) is 0 Å². The fourth-order valence-corrected chi connectivity index (χ4v) is 7.63. The van der Waals surface area contributed by atoms with Crippen molar-refractivity contribution in [3.63, 3.8) is 0 Å². The Hall–Kier alpha value is 2.88. The average molecular weight is 642 g/mol. The van der Waals surface area contributed by atoms with E-state index in [9.17, 15) is 0 Å². The molecule has 1 aliphatic carbocycles. The van der Waals surface area contributed by atoms with Crippen molar-refractivity contribution in [2.24, 2.45) is 0 Å². The first-order valence-corrected chi connectivity index (χ1v) is 11.8. The van der Waals surface area contributed by atoms with Crippen molar-refractivity contribution in [1.82, 2.24) is 0 Å². The largest absolute Gasteiger partial charge is 0.0878 e. The van der Waals surface area contributed by atoms with E-state index in [4.69, 9.17) is 0 Å². The molecule has 0 amide bonds. The zero-order valence-corrected chi connectivity index (χ0v) is 19.5. The summed E-state index contributed by atoms with van der Waals surface area (Å²) < 4.78 is 0. The molecular weight excluding hydrogens is 624 g/mol. The normalized spacial score (nSPS) is 45.0. The Morgan fingerprint density at radius 2 is 0.778 bits per heavy atom. The minimum absolute atomic E-state index is 0.394. The van der Waals surface area contributed by atoms with Gasteiger partial charge in [-0.3, -0.25) is 0 Å². The van der Waals surface area contributed by atoms with Gasteiger partial charge in [-0.05, 0) is 12.8 Å². The summed E-state index contributed by atoms with van der Waals surface area (Å²) >= 11 is 23.0. The Balaban J connectivity index is 2.71. The van der Waals surface area contributed by atoms with Crippen LogP contribution in [0, 0.1) is 0 Å². The van der Waals surface area contributed by atoms with Crippen LogP contribution in [0.4, 0.5) is 0 Å². The fraction of sp³-hybridized carbons (Fsp3) is 1.00. The molecule has 0 saturated heterocycles. The summed E-state index contributed by atoms with van der Waals surface area (Å²) in [5.74, 6) is 0. The van der Waals surface area contributed by atoms with Gasteiger partial charge in [-0.15, -0.1) is 0 Å². The molecule has 1 fully saturated rings. The molecule has 0 aliphatic heterocycles. The Bertz CT molecular complexity index is 213. The van der Waals surface area contributed by atoms with Gasteiger partial charge in [0.1, 0.15) is 0 Å². The molecule has 0 nitrogen and oxygen atoms in total. The van der Waals surface area contributed by atoms with Gasteiger partial charge in [-0.25, -0.2) is 0 Å². The van der Waals surface area contributed by atoms with E-state index in [2.05, 4.69) is 95.6 Å². The first kappa shape index (κ1) is 18.9. The topological polar surface area (TPSA) is 0 Å². The van der Waals surface area contributed by atoms with Crippen molar-refractivity contribution < 1.29 is 0 Å². The zero-order valence-electron chi connectivity index (χ0n) is 9.97. The second-order valence-corrected chi connectivity index (χ2v) is 11.4. The molecule has 1 saturated carbocycles. The first-order chi connectivity index (χ1) is 8.45. The number of hydrogen-bond donors (Lipinski definition) is 0. The molecule has 6 atom stereocenters. The van der Waals surface area contributed by atoms with Gasteiger partial charge in [0.15, 0.2) is 0 Å². The molecule has 0 radical (unpaired) electrons. The van der Waals surface area contributed by atoms with E-state index < -0.39 is 0 Å². The lowest BCUT2D eigenvalue weighted by Crippen LogP contribution is -2.39. The molecule has 0 aromatic heterocycles. The van der Waals surface area contributed by atoms with Gasteiger partial charge in [-0.2, -0.15) is 0 Å². The van der Waals surface area contributed by atoms with Crippen LogP contribution in [0.25, 0.3) is 0 Å². The standard InChI is InChI=1S/C12H18Br6/c13-7-5-3-1-2-4-6-8(14)10(16)12(18)11(17)9(7)15/h7-12H,1-6H2/t7-,8-,9-,10-,11-,12-/m1/s1. The quantitative estimate of drug-likeness (QED) is 0.252. The van der Waals surface area contributed by atoms with Gasteiger partial charge in [0.2, 0.25) is 0 Å². The van der Waals surface area contributed by atoms with E-state index >= 15 is 0 Å². The van der Waals surface area contributed by atoms with Crippen LogP contribution in [0.1, 0.15) is 38.5 Å². The van der Waals surface area contributed by atoms with Crippen LogP contribution in [0.2, 0.25) is 0 Å². The predicted molar refractivity (Wildman–Crippen MR) is 104 cm³/mol. The van der Waals surface area contributed by atoms with Crippen molar-refractivity contribution >= 4 is 95.6 Å². The molecule has 6 heteroatoms. The maximum Gasteiger partial charge on any atom is 0.0418 e. The van der Waals surface area contributed by atoms with Crippen molar-refractivity contribution in [3.8, 4) is 0 Å². The van der Waals surface area contributed by atoms with Gasteiger partial charge in [-0.1, -0.05) is 121 Å². The minimum Gasteiger partial charge on any atom is -0.0878 e. The van der Waals surface area contributed by atoms with E-state index in [1.165, 1.54) is 38.5 Å². The highest BCUT2D eigenvalue weighted by atomic mass is 79.9. The SMILES string of the molecule is Br[C@H]1[C@H](Br)[C@H](Br)[C@H](Br)CCCCCC[C@@H](Br)[C@H]1Br. The second-order valence-electron chi connectivity index (χ2n) is 4.80. The maximum absolute atomic E-state index is 3.84. The summed E-state index contributed by atoms with van der Waals surface area (Å²) in [6, 6.07) is 0. The summed E-state index contributed by atoms with van der Waals surface area (Å²) in [6.45, 7) is 0. The van der Waals surface area contributed by atoms with Crippen molar-refractivity contribution in [2.45, 2.75) is 67.5 Å². The molecule has 0 aromatic rings. The van der Waals surface area contributed by atoms with Crippen LogP contribution >= 0.6 is 95.6 Å². The summed E-state index contributed by atoms with van der Waals surface area (Å²) in [7, 11) is 0. The monoisotopic (exact) mass is 636 g/mol. The van der Waals surface area contributed by atoms with Gasteiger partial charge in [0.25, 0.3) is 0 Å². The van der Waals surface area contributed by atoms with E-state index in [0.717, 1.165) is 0 Å². The molecular formula is C12H18Br6. The summed E-state index contributed by atoms with van der Waals surface area (Å²) in [5, 5.41) is 0. The highest BCUT2D eigenvalue weighted by Crippen LogP contribution is 2.37. The fourth-order valence-electron chi connectivity index (χ4n) is 2.10. The van der Waals surface area contributed by atoms with E-state index in [1.807, 2.05) is 0 Å². The van der Waals surface area contributed by atoms with Crippen LogP contribution in [-0.2, 0) is 0 Å². The third-order valence-electron chi connectivity index (χ3n) is 3.31. The molecule has 18 heavy (non-hydrogen) atoms. The summed E-state index contributed by atoms with van der Waals surface area (Å²) in [5.41, 5.74) is 0. The molecule has 108 valence electrons.